The van der Waals surface area contributed by atoms with Crippen LogP contribution in [0.15, 0.2) is 17.6 Å². The zero-order valence-electron chi connectivity index (χ0n) is 18.9. The first-order valence-electron chi connectivity index (χ1n) is 11.8. The third-order valence-corrected chi connectivity index (χ3v) is 6.44. The third-order valence-electron chi connectivity index (χ3n) is 6.44. The lowest BCUT2D eigenvalue weighted by atomic mass is 10.0. The van der Waals surface area contributed by atoms with E-state index in [1.54, 1.807) is 6.92 Å². The smallest absolute Gasteiger partial charge is 0.221 e. The molecule has 28 heavy (non-hydrogen) atoms. The lowest BCUT2D eigenvalue weighted by molar-refractivity contribution is -0.959. The van der Waals surface area contributed by atoms with E-state index in [0.717, 1.165) is 24.0 Å². The van der Waals surface area contributed by atoms with Gasteiger partial charge in [-0.2, -0.15) is 0 Å². The Balaban J connectivity index is 2.09. The summed E-state index contributed by atoms with van der Waals surface area (Å²) in [6, 6.07) is 0. The van der Waals surface area contributed by atoms with Crippen molar-refractivity contribution in [2.24, 2.45) is 4.99 Å². The van der Waals surface area contributed by atoms with Crippen molar-refractivity contribution in [3.8, 4) is 0 Å². The van der Waals surface area contributed by atoms with Crippen LogP contribution in [0.4, 0.5) is 0 Å². The second-order valence-electron chi connectivity index (χ2n) is 8.55. The maximum atomic E-state index is 11.5. The number of nitrogens with zero attached hydrogens (tertiary/aromatic N) is 2. The molecule has 0 saturated carbocycles. The maximum Gasteiger partial charge on any atom is 0.221 e. The Morgan fingerprint density at radius 1 is 1.11 bits per heavy atom. The minimum atomic E-state index is 0.0564. The van der Waals surface area contributed by atoms with E-state index in [-0.39, 0.29) is 12.1 Å². The summed E-state index contributed by atoms with van der Waals surface area (Å²) in [4.78, 5) is 16.3. The number of aliphatic imine (C=N–C) groups is 1. The first-order valence-corrected chi connectivity index (χ1v) is 11.8. The van der Waals surface area contributed by atoms with Crippen LogP contribution in [0.25, 0.3) is 0 Å². The van der Waals surface area contributed by atoms with Crippen LogP contribution in [0.3, 0.4) is 0 Å². The van der Waals surface area contributed by atoms with Crippen LogP contribution in [-0.4, -0.2) is 42.0 Å². The molecule has 1 aliphatic rings. The first kappa shape index (κ1) is 24.9. The second-order valence-corrected chi connectivity index (χ2v) is 8.55. The Bertz CT molecular complexity index is 463. The van der Waals surface area contributed by atoms with Gasteiger partial charge >= 0.3 is 0 Å². The summed E-state index contributed by atoms with van der Waals surface area (Å²) in [5, 5.41) is 3.10. The van der Waals surface area contributed by atoms with Crippen LogP contribution >= 0.6 is 0 Å². The van der Waals surface area contributed by atoms with Crippen molar-refractivity contribution in [1.82, 2.24) is 5.32 Å². The van der Waals surface area contributed by atoms with Gasteiger partial charge in [0.25, 0.3) is 0 Å². The van der Waals surface area contributed by atoms with Crippen molar-refractivity contribution < 1.29 is 9.28 Å². The van der Waals surface area contributed by atoms with Crippen LogP contribution in [0.5, 0.6) is 0 Å². The highest BCUT2D eigenvalue weighted by atomic mass is 16.1. The highest BCUT2D eigenvalue weighted by Gasteiger charge is 2.42. The summed E-state index contributed by atoms with van der Waals surface area (Å²) in [5.41, 5.74) is 0. The molecule has 4 heteroatoms. The van der Waals surface area contributed by atoms with Gasteiger partial charge in [-0.05, 0) is 26.2 Å². The predicted octanol–water partition coefficient (Wildman–Crippen LogP) is 5.97. The minimum Gasteiger partial charge on any atom is -0.307 e. The minimum absolute atomic E-state index is 0.0564. The molecule has 4 nitrogen and oxygen atoms in total. The van der Waals surface area contributed by atoms with Crippen LogP contribution in [0, 0.1) is 0 Å². The number of carbonyl (C=O) groups is 1. The number of hydrogen-bond donors (Lipinski definition) is 1. The van der Waals surface area contributed by atoms with E-state index in [4.69, 9.17) is 4.99 Å². The summed E-state index contributed by atoms with van der Waals surface area (Å²) in [6.45, 7) is 11.7. The zero-order chi connectivity index (χ0) is 20.7. The lowest BCUT2D eigenvalue weighted by Gasteiger charge is -2.42. The van der Waals surface area contributed by atoms with Gasteiger partial charge in [-0.15, -0.1) is 6.58 Å². The molecule has 0 spiro atoms. The number of rotatable bonds is 17. The molecule has 0 bridgehead atoms. The summed E-state index contributed by atoms with van der Waals surface area (Å²) in [5.74, 6) is 0.0564. The summed E-state index contributed by atoms with van der Waals surface area (Å²) in [7, 11) is 0. The van der Waals surface area contributed by atoms with Gasteiger partial charge < -0.3 is 5.32 Å². The van der Waals surface area contributed by atoms with Crippen molar-refractivity contribution in [3.05, 3.63) is 12.7 Å². The fourth-order valence-electron chi connectivity index (χ4n) is 4.57. The number of allylic oxidation sites excluding steroid dienone is 1. The van der Waals surface area contributed by atoms with Crippen molar-refractivity contribution in [2.75, 3.05) is 13.1 Å². The summed E-state index contributed by atoms with van der Waals surface area (Å²) in [6.07, 6.45) is 21.8. The molecule has 0 aliphatic carbocycles. The van der Waals surface area contributed by atoms with E-state index in [1.807, 2.05) is 6.08 Å². The number of quaternary nitrogens is 1. The van der Waals surface area contributed by atoms with Gasteiger partial charge in [0, 0.05) is 20.3 Å². The molecule has 162 valence electrons. The Morgan fingerprint density at radius 2 is 1.64 bits per heavy atom. The average molecular weight is 393 g/mol. The van der Waals surface area contributed by atoms with Gasteiger partial charge in [-0.1, -0.05) is 63.9 Å². The highest BCUT2D eigenvalue weighted by molar-refractivity contribution is 5.73. The zero-order valence-corrected chi connectivity index (χ0v) is 18.9. The van der Waals surface area contributed by atoms with Gasteiger partial charge in [-0.25, -0.2) is 4.99 Å². The fourth-order valence-corrected chi connectivity index (χ4v) is 4.57. The third kappa shape index (κ3) is 8.89. The van der Waals surface area contributed by atoms with E-state index < -0.39 is 0 Å². The molecule has 1 heterocycles. The van der Waals surface area contributed by atoms with Gasteiger partial charge in [0.15, 0.2) is 12.3 Å². The first-order chi connectivity index (χ1) is 13.6. The van der Waals surface area contributed by atoms with Crippen LogP contribution in [0.1, 0.15) is 104 Å². The van der Waals surface area contributed by atoms with Crippen molar-refractivity contribution in [2.45, 2.75) is 117 Å². The number of hydrogen-bond acceptors (Lipinski definition) is 2. The van der Waals surface area contributed by atoms with E-state index >= 15 is 0 Å². The molecule has 0 saturated heterocycles. The number of unbranched alkanes of at least 4 members (excludes halogenated alkanes) is 11. The topological polar surface area (TPSA) is 41.5 Å². The Kier molecular flexibility index (Phi) is 13.1. The number of amides is 1. The number of nitrogens with one attached hydrogen (secondary N) is 1. The molecule has 0 aromatic carbocycles. The molecule has 1 amide bonds. The molecule has 0 aromatic heterocycles. The van der Waals surface area contributed by atoms with Crippen molar-refractivity contribution >= 4 is 12.1 Å². The summed E-state index contributed by atoms with van der Waals surface area (Å²) < 4.78 is 0.881. The quantitative estimate of drug-likeness (QED) is 0.185. The van der Waals surface area contributed by atoms with E-state index in [9.17, 15) is 4.79 Å². The Labute approximate surface area is 174 Å². The molecule has 0 radical (unpaired) electrons. The fraction of sp³-hybridized carbons (Fsp3) is 0.833. The monoisotopic (exact) mass is 392 g/mol. The molecule has 0 fully saturated rings. The SMILES string of the molecule is C=CCCCCCCCCCCCCCC1N=CC[N+]1(CC)C(C)NC(C)=O. The standard InChI is InChI=1S/C24H45N3O/c1-5-7-8-9-10-11-12-13-14-15-16-17-18-19-24-25-20-21-27(24,6-2)22(3)26-23(4)28/h5,20,22,24H,1,6-19,21H2,2-4H3/p+1. The van der Waals surface area contributed by atoms with E-state index in [0.29, 0.717) is 6.17 Å². The molecular formula is C24H46N3O+. The van der Waals surface area contributed by atoms with Crippen LogP contribution < -0.4 is 5.32 Å². The average Bonchev–Trinajstić information content (AvgIpc) is 3.09. The van der Waals surface area contributed by atoms with Crippen molar-refractivity contribution in [3.63, 3.8) is 0 Å². The molecule has 3 unspecified atom stereocenters. The van der Waals surface area contributed by atoms with E-state index in [1.165, 1.54) is 77.0 Å². The largest absolute Gasteiger partial charge is 0.307 e. The predicted molar refractivity (Wildman–Crippen MR) is 121 cm³/mol. The van der Waals surface area contributed by atoms with Crippen LogP contribution in [0.2, 0.25) is 0 Å². The molecule has 1 N–H and O–H groups in total. The lowest BCUT2D eigenvalue weighted by Crippen LogP contribution is -2.63. The number of carbonyl (C=O) groups excluding carboxylic acids is 1. The maximum absolute atomic E-state index is 11.5. The summed E-state index contributed by atoms with van der Waals surface area (Å²) >= 11 is 0. The van der Waals surface area contributed by atoms with Gasteiger partial charge in [-0.3, -0.25) is 9.28 Å². The highest BCUT2D eigenvalue weighted by Crippen LogP contribution is 2.27. The molecule has 1 aliphatic heterocycles. The normalized spacial score (nSPS) is 22.3. The molecule has 3 atom stereocenters. The second kappa shape index (κ2) is 14.8. The molecule has 0 aromatic rings. The Morgan fingerprint density at radius 3 is 2.14 bits per heavy atom. The van der Waals surface area contributed by atoms with Gasteiger partial charge in [0.2, 0.25) is 5.91 Å². The van der Waals surface area contributed by atoms with Gasteiger partial charge in [0.05, 0.1) is 12.8 Å². The van der Waals surface area contributed by atoms with Gasteiger partial charge in [0.1, 0.15) is 6.54 Å². The van der Waals surface area contributed by atoms with Crippen LogP contribution in [-0.2, 0) is 4.79 Å². The molecule has 1 rings (SSSR count). The van der Waals surface area contributed by atoms with E-state index in [2.05, 4.69) is 32.0 Å². The molecular weight excluding hydrogens is 346 g/mol. The Hall–Kier alpha value is -1.16. The van der Waals surface area contributed by atoms with Crippen molar-refractivity contribution in [1.29, 1.82) is 0 Å².